The average molecular weight is 255 g/mol. The summed E-state index contributed by atoms with van der Waals surface area (Å²) < 4.78 is 4.98. The van der Waals surface area contributed by atoms with E-state index in [4.69, 9.17) is 4.74 Å². The van der Waals surface area contributed by atoms with Crippen LogP contribution in [0.15, 0.2) is 11.2 Å². The van der Waals surface area contributed by atoms with Crippen molar-refractivity contribution >= 4 is 11.8 Å². The van der Waals surface area contributed by atoms with Crippen molar-refractivity contribution in [3.05, 3.63) is 17.5 Å². The minimum Gasteiger partial charge on any atom is -0.383 e. The molecule has 0 spiro atoms. The Hall–Kier alpha value is -0.650. The Morgan fingerprint density at radius 2 is 2.00 bits per heavy atom. The molecule has 1 N–H and O–H groups in total. The summed E-state index contributed by atoms with van der Waals surface area (Å²) in [4.78, 5) is 8.84. The smallest absolute Gasteiger partial charge is 0.188 e. The number of nitrogens with zero attached hydrogens (tertiary/aromatic N) is 2. The topological polar surface area (TPSA) is 47.0 Å². The first kappa shape index (κ1) is 14.4. The van der Waals surface area contributed by atoms with Crippen LogP contribution in [0, 0.1) is 13.8 Å². The van der Waals surface area contributed by atoms with Crippen LogP contribution in [-0.4, -0.2) is 42.0 Å². The van der Waals surface area contributed by atoms with Crippen molar-refractivity contribution in [1.82, 2.24) is 15.3 Å². The molecular weight excluding hydrogens is 234 g/mol. The Balaban J connectivity index is 2.36. The monoisotopic (exact) mass is 255 g/mol. The van der Waals surface area contributed by atoms with Crippen LogP contribution < -0.4 is 5.32 Å². The van der Waals surface area contributed by atoms with E-state index in [1.165, 1.54) is 0 Å². The first-order valence-electron chi connectivity index (χ1n) is 5.80. The van der Waals surface area contributed by atoms with E-state index in [1.54, 1.807) is 18.9 Å². The Morgan fingerprint density at radius 1 is 1.35 bits per heavy atom. The van der Waals surface area contributed by atoms with Crippen molar-refractivity contribution in [2.45, 2.75) is 31.2 Å². The van der Waals surface area contributed by atoms with Crippen LogP contribution in [0.4, 0.5) is 0 Å². The van der Waals surface area contributed by atoms with Gasteiger partial charge in [-0.3, -0.25) is 0 Å². The summed E-state index contributed by atoms with van der Waals surface area (Å²) in [6.45, 7) is 8.74. The summed E-state index contributed by atoms with van der Waals surface area (Å²) in [5.74, 6) is 0. The molecule has 96 valence electrons. The molecule has 5 heteroatoms. The highest BCUT2D eigenvalue weighted by molar-refractivity contribution is 7.99. The fourth-order valence-electron chi connectivity index (χ4n) is 1.45. The number of thioether (sulfide) groups is 1. The van der Waals surface area contributed by atoms with Crippen LogP contribution in [0.3, 0.4) is 0 Å². The first-order chi connectivity index (χ1) is 8.11. The van der Waals surface area contributed by atoms with Crippen LogP contribution in [0.5, 0.6) is 0 Å². The Kier molecular flexibility index (Phi) is 6.47. The van der Waals surface area contributed by atoms with Gasteiger partial charge >= 0.3 is 0 Å². The highest BCUT2D eigenvalue weighted by atomic mass is 32.2. The number of nitrogens with one attached hydrogen (secondary N) is 1. The normalized spacial score (nSPS) is 12.7. The predicted molar refractivity (Wildman–Crippen MR) is 71.6 cm³/mol. The van der Waals surface area contributed by atoms with Gasteiger partial charge in [-0.1, -0.05) is 18.7 Å². The summed E-state index contributed by atoms with van der Waals surface area (Å²) in [6, 6.07) is 1.99. The van der Waals surface area contributed by atoms with Crippen LogP contribution in [0.25, 0.3) is 0 Å². The molecule has 0 aliphatic carbocycles. The van der Waals surface area contributed by atoms with Gasteiger partial charge in [-0.05, 0) is 19.9 Å². The summed E-state index contributed by atoms with van der Waals surface area (Å²) in [5, 5.41) is 4.65. The molecule has 0 amide bonds. The highest BCUT2D eigenvalue weighted by Crippen LogP contribution is 2.19. The molecule has 1 heterocycles. The molecule has 0 radical (unpaired) electrons. The number of rotatable bonds is 7. The minimum absolute atomic E-state index is 0.452. The average Bonchev–Trinajstić information content (AvgIpc) is 2.23. The molecule has 0 aromatic carbocycles. The van der Waals surface area contributed by atoms with Gasteiger partial charge in [-0.25, -0.2) is 9.97 Å². The molecule has 4 nitrogen and oxygen atoms in total. The zero-order valence-electron chi connectivity index (χ0n) is 11.0. The Morgan fingerprint density at radius 3 is 2.59 bits per heavy atom. The van der Waals surface area contributed by atoms with E-state index in [2.05, 4.69) is 22.2 Å². The molecule has 17 heavy (non-hydrogen) atoms. The van der Waals surface area contributed by atoms with E-state index in [-0.39, 0.29) is 0 Å². The molecule has 1 atom stereocenters. The molecule has 1 rings (SSSR count). The predicted octanol–water partition coefficient (Wildman–Crippen LogP) is 1.81. The van der Waals surface area contributed by atoms with Gasteiger partial charge in [0.05, 0.1) is 6.61 Å². The van der Waals surface area contributed by atoms with Gasteiger partial charge in [0, 0.05) is 36.8 Å². The number of aryl methyl sites for hydroxylation is 2. The van der Waals surface area contributed by atoms with E-state index >= 15 is 0 Å². The lowest BCUT2D eigenvalue weighted by atomic mass is 10.4. The van der Waals surface area contributed by atoms with Crippen molar-refractivity contribution in [2.24, 2.45) is 0 Å². The van der Waals surface area contributed by atoms with E-state index < -0.39 is 0 Å². The summed E-state index contributed by atoms with van der Waals surface area (Å²) >= 11 is 1.70. The van der Waals surface area contributed by atoms with Gasteiger partial charge in [0.15, 0.2) is 5.16 Å². The van der Waals surface area contributed by atoms with Gasteiger partial charge in [-0.2, -0.15) is 0 Å². The molecule has 0 saturated carbocycles. The van der Waals surface area contributed by atoms with Gasteiger partial charge in [0.1, 0.15) is 0 Å². The van der Waals surface area contributed by atoms with Gasteiger partial charge in [0.25, 0.3) is 0 Å². The lowest BCUT2D eigenvalue weighted by Crippen LogP contribution is -2.26. The molecule has 1 aromatic rings. The zero-order valence-corrected chi connectivity index (χ0v) is 11.8. The largest absolute Gasteiger partial charge is 0.383 e. The number of hydrogen-bond donors (Lipinski definition) is 1. The molecule has 0 bridgehead atoms. The lowest BCUT2D eigenvalue weighted by molar-refractivity contribution is 0.199. The standard InChI is InChI=1S/C12H21N3OS/c1-9-7-10(2)15-12(14-9)17-11(3)8-13-5-6-16-4/h7,11,13H,5-6,8H2,1-4H3. The number of methoxy groups -OCH3 is 1. The number of hydrogen-bond acceptors (Lipinski definition) is 5. The minimum atomic E-state index is 0.452. The third kappa shape index (κ3) is 6.00. The number of aromatic nitrogens is 2. The van der Waals surface area contributed by atoms with Crippen molar-refractivity contribution in [2.75, 3.05) is 26.8 Å². The van der Waals surface area contributed by atoms with E-state index in [0.29, 0.717) is 5.25 Å². The van der Waals surface area contributed by atoms with Crippen LogP contribution in [-0.2, 0) is 4.74 Å². The third-order valence-corrected chi connectivity index (χ3v) is 3.15. The Bertz CT molecular complexity index is 326. The SMILES string of the molecule is COCCNCC(C)Sc1nc(C)cc(C)n1. The van der Waals surface area contributed by atoms with Crippen LogP contribution in [0.1, 0.15) is 18.3 Å². The van der Waals surface area contributed by atoms with Gasteiger partial charge in [-0.15, -0.1) is 0 Å². The number of ether oxygens (including phenoxy) is 1. The van der Waals surface area contributed by atoms with E-state index in [9.17, 15) is 0 Å². The Labute approximate surface area is 108 Å². The molecule has 0 fully saturated rings. The second-order valence-corrected chi connectivity index (χ2v) is 5.46. The van der Waals surface area contributed by atoms with Gasteiger partial charge < -0.3 is 10.1 Å². The fourth-order valence-corrected chi connectivity index (χ4v) is 2.40. The maximum absolute atomic E-state index is 4.98. The van der Waals surface area contributed by atoms with Gasteiger partial charge in [0.2, 0.25) is 0 Å². The zero-order chi connectivity index (χ0) is 12.7. The third-order valence-electron chi connectivity index (χ3n) is 2.18. The molecule has 1 unspecified atom stereocenters. The second kappa shape index (κ2) is 7.63. The van der Waals surface area contributed by atoms with Crippen molar-refractivity contribution in [1.29, 1.82) is 0 Å². The quantitative estimate of drug-likeness (QED) is 0.457. The molecule has 1 aromatic heterocycles. The maximum atomic E-state index is 4.98. The first-order valence-corrected chi connectivity index (χ1v) is 6.68. The summed E-state index contributed by atoms with van der Waals surface area (Å²) in [5.41, 5.74) is 2.05. The van der Waals surface area contributed by atoms with Crippen molar-refractivity contribution < 1.29 is 4.74 Å². The maximum Gasteiger partial charge on any atom is 0.188 e. The molecular formula is C12H21N3OS. The van der Waals surface area contributed by atoms with E-state index in [1.807, 2.05) is 19.9 Å². The highest BCUT2D eigenvalue weighted by Gasteiger charge is 2.07. The summed E-state index contributed by atoms with van der Waals surface area (Å²) in [6.07, 6.45) is 0. The molecule has 0 saturated heterocycles. The lowest BCUT2D eigenvalue weighted by Gasteiger charge is -2.11. The van der Waals surface area contributed by atoms with Crippen LogP contribution in [0.2, 0.25) is 0 Å². The van der Waals surface area contributed by atoms with Crippen molar-refractivity contribution in [3.63, 3.8) is 0 Å². The fraction of sp³-hybridized carbons (Fsp3) is 0.667. The molecule has 0 aliphatic heterocycles. The molecule has 0 aliphatic rings. The van der Waals surface area contributed by atoms with Crippen LogP contribution >= 0.6 is 11.8 Å². The van der Waals surface area contributed by atoms with Crippen molar-refractivity contribution in [3.8, 4) is 0 Å². The van der Waals surface area contributed by atoms with E-state index in [0.717, 1.165) is 36.2 Å². The summed E-state index contributed by atoms with van der Waals surface area (Å²) in [7, 11) is 1.71. The second-order valence-electron chi connectivity index (χ2n) is 4.06.